The van der Waals surface area contributed by atoms with Crippen LogP contribution >= 0.6 is 0 Å². The smallest absolute Gasteiger partial charge is 0.243 e. The van der Waals surface area contributed by atoms with Crippen LogP contribution in [0.15, 0.2) is 48.5 Å². The lowest BCUT2D eigenvalue weighted by molar-refractivity contribution is -0.129. The van der Waals surface area contributed by atoms with Crippen molar-refractivity contribution in [3.8, 4) is 5.75 Å². The first-order chi connectivity index (χ1) is 13.2. The summed E-state index contributed by atoms with van der Waals surface area (Å²) in [5, 5.41) is 8.54. The summed E-state index contributed by atoms with van der Waals surface area (Å²) >= 11 is 0. The third kappa shape index (κ3) is 5.21. The van der Waals surface area contributed by atoms with Gasteiger partial charge in [0, 0.05) is 39.1 Å². The molecule has 2 N–H and O–H groups in total. The second-order valence-electron chi connectivity index (χ2n) is 6.79. The quantitative estimate of drug-likeness (QED) is 0.580. The molecule has 1 aliphatic heterocycles. The van der Waals surface area contributed by atoms with Gasteiger partial charge in [-0.2, -0.15) is 0 Å². The van der Waals surface area contributed by atoms with E-state index < -0.39 is 0 Å². The number of para-hydroxylation sites is 2. The Kier molecular flexibility index (Phi) is 6.68. The number of ether oxygens (including phenoxy) is 1. The summed E-state index contributed by atoms with van der Waals surface area (Å²) < 4.78 is 5.48. The van der Waals surface area contributed by atoms with Crippen molar-refractivity contribution in [1.82, 2.24) is 10.4 Å². The molecule has 1 saturated heterocycles. The molecule has 0 atom stereocenters. The number of nitrogens with zero attached hydrogens (tertiary/aromatic N) is 2. The Morgan fingerprint density at radius 2 is 1.70 bits per heavy atom. The zero-order valence-electron chi connectivity index (χ0n) is 15.7. The Hall–Kier alpha value is -2.57. The van der Waals surface area contributed by atoms with Crippen molar-refractivity contribution < 1.29 is 14.7 Å². The maximum atomic E-state index is 11.1. The fourth-order valence-electron chi connectivity index (χ4n) is 3.42. The van der Waals surface area contributed by atoms with Crippen molar-refractivity contribution in [1.29, 1.82) is 0 Å². The SMILES string of the molecule is COc1ccccc1N1CCN(Cc2ccc(CCC(=O)NO)cc2)CC1. The van der Waals surface area contributed by atoms with E-state index in [1.807, 2.05) is 12.1 Å². The molecule has 1 fully saturated rings. The summed E-state index contributed by atoms with van der Waals surface area (Å²) in [5.41, 5.74) is 5.20. The number of aryl methyl sites for hydroxylation is 1. The van der Waals surface area contributed by atoms with E-state index >= 15 is 0 Å². The van der Waals surface area contributed by atoms with E-state index in [0.717, 1.165) is 49.7 Å². The van der Waals surface area contributed by atoms with Gasteiger partial charge in [-0.15, -0.1) is 0 Å². The van der Waals surface area contributed by atoms with Gasteiger partial charge in [-0.25, -0.2) is 5.48 Å². The number of hydroxylamine groups is 1. The molecule has 1 heterocycles. The van der Waals surface area contributed by atoms with Crippen molar-refractivity contribution in [2.24, 2.45) is 0 Å². The lowest BCUT2D eigenvalue weighted by Gasteiger charge is -2.36. The fourth-order valence-corrected chi connectivity index (χ4v) is 3.42. The number of anilines is 1. The highest BCUT2D eigenvalue weighted by Gasteiger charge is 2.19. The number of carbonyl (C=O) groups excluding carboxylic acids is 1. The first kappa shape index (κ1) is 19.2. The third-order valence-corrected chi connectivity index (χ3v) is 4.99. The summed E-state index contributed by atoms with van der Waals surface area (Å²) in [6.07, 6.45) is 0.922. The molecule has 0 bridgehead atoms. The van der Waals surface area contributed by atoms with Crippen molar-refractivity contribution in [3.63, 3.8) is 0 Å². The van der Waals surface area contributed by atoms with Crippen LogP contribution in [0.2, 0.25) is 0 Å². The molecular formula is C21H27N3O3. The monoisotopic (exact) mass is 369 g/mol. The van der Waals surface area contributed by atoms with E-state index in [-0.39, 0.29) is 5.91 Å². The molecule has 0 saturated carbocycles. The third-order valence-electron chi connectivity index (χ3n) is 4.99. The van der Waals surface area contributed by atoms with Gasteiger partial charge in [0.05, 0.1) is 12.8 Å². The topological polar surface area (TPSA) is 65.0 Å². The largest absolute Gasteiger partial charge is 0.495 e. The average molecular weight is 369 g/mol. The molecule has 6 heteroatoms. The highest BCUT2D eigenvalue weighted by molar-refractivity contribution is 5.74. The minimum Gasteiger partial charge on any atom is -0.495 e. The van der Waals surface area contributed by atoms with Gasteiger partial charge in [-0.3, -0.25) is 14.9 Å². The van der Waals surface area contributed by atoms with Gasteiger partial charge >= 0.3 is 0 Å². The molecule has 6 nitrogen and oxygen atoms in total. The van der Waals surface area contributed by atoms with Crippen LogP contribution in [0.3, 0.4) is 0 Å². The van der Waals surface area contributed by atoms with Crippen LogP contribution in [0.25, 0.3) is 0 Å². The number of carbonyl (C=O) groups is 1. The average Bonchev–Trinajstić information content (AvgIpc) is 2.73. The van der Waals surface area contributed by atoms with Crippen LogP contribution in [0.1, 0.15) is 17.5 Å². The highest BCUT2D eigenvalue weighted by atomic mass is 16.5. The van der Waals surface area contributed by atoms with Crippen molar-refractivity contribution in [2.45, 2.75) is 19.4 Å². The second-order valence-corrected chi connectivity index (χ2v) is 6.79. The Morgan fingerprint density at radius 1 is 1.04 bits per heavy atom. The molecule has 0 aromatic heterocycles. The van der Waals surface area contributed by atoms with Crippen LogP contribution in [-0.4, -0.2) is 49.3 Å². The summed E-state index contributed by atoms with van der Waals surface area (Å²) in [7, 11) is 1.72. The lowest BCUT2D eigenvalue weighted by Crippen LogP contribution is -2.46. The van der Waals surface area contributed by atoms with Crippen molar-refractivity contribution in [2.75, 3.05) is 38.2 Å². The minimum absolute atomic E-state index is 0.292. The van der Waals surface area contributed by atoms with E-state index in [1.54, 1.807) is 12.6 Å². The predicted molar refractivity (Wildman–Crippen MR) is 105 cm³/mol. The summed E-state index contributed by atoms with van der Waals surface area (Å²) in [6.45, 7) is 4.91. The number of nitrogens with one attached hydrogen (secondary N) is 1. The van der Waals surface area contributed by atoms with E-state index in [0.29, 0.717) is 12.8 Å². The summed E-state index contributed by atoms with van der Waals surface area (Å²) in [6, 6.07) is 16.5. The normalized spacial score (nSPS) is 14.8. The Bertz CT molecular complexity index is 741. The minimum atomic E-state index is -0.355. The zero-order chi connectivity index (χ0) is 19.1. The maximum absolute atomic E-state index is 11.1. The molecule has 0 aliphatic carbocycles. The van der Waals surface area contributed by atoms with Crippen LogP contribution in [0.4, 0.5) is 5.69 Å². The lowest BCUT2D eigenvalue weighted by atomic mass is 10.1. The van der Waals surface area contributed by atoms with Gasteiger partial charge in [0.15, 0.2) is 0 Å². The number of amides is 1. The van der Waals surface area contributed by atoms with Gasteiger partial charge in [0.2, 0.25) is 5.91 Å². The highest BCUT2D eigenvalue weighted by Crippen LogP contribution is 2.28. The van der Waals surface area contributed by atoms with Crippen molar-refractivity contribution in [3.05, 3.63) is 59.7 Å². The van der Waals surface area contributed by atoms with Gasteiger partial charge in [0.25, 0.3) is 0 Å². The Balaban J connectivity index is 1.50. The number of benzene rings is 2. The Morgan fingerprint density at radius 3 is 2.37 bits per heavy atom. The first-order valence-electron chi connectivity index (χ1n) is 9.30. The predicted octanol–water partition coefficient (Wildman–Crippen LogP) is 2.46. The molecule has 144 valence electrons. The number of methoxy groups -OCH3 is 1. The standard InChI is InChI=1S/C21H27N3O3/c1-27-20-5-3-2-4-19(20)24-14-12-23(13-15-24)16-18-8-6-17(7-9-18)10-11-21(25)22-26/h2-9,26H,10-16H2,1H3,(H,22,25). The van der Waals surface area contributed by atoms with E-state index in [4.69, 9.17) is 9.94 Å². The molecule has 27 heavy (non-hydrogen) atoms. The van der Waals surface area contributed by atoms with E-state index in [2.05, 4.69) is 46.2 Å². The Labute approximate surface area is 160 Å². The van der Waals surface area contributed by atoms with Crippen molar-refractivity contribution >= 4 is 11.6 Å². The molecule has 1 amide bonds. The molecule has 0 unspecified atom stereocenters. The van der Waals surface area contributed by atoms with Gasteiger partial charge in [0.1, 0.15) is 5.75 Å². The molecule has 0 radical (unpaired) electrons. The van der Waals surface area contributed by atoms with E-state index in [1.165, 1.54) is 5.56 Å². The zero-order valence-corrected chi connectivity index (χ0v) is 15.7. The molecule has 2 aromatic rings. The van der Waals surface area contributed by atoms with Crippen LogP contribution < -0.4 is 15.1 Å². The molecule has 2 aromatic carbocycles. The van der Waals surface area contributed by atoms with Gasteiger partial charge in [-0.1, -0.05) is 36.4 Å². The number of rotatable bonds is 7. The molecular weight excluding hydrogens is 342 g/mol. The molecule has 1 aliphatic rings. The molecule has 3 rings (SSSR count). The van der Waals surface area contributed by atoms with E-state index in [9.17, 15) is 4.79 Å². The second kappa shape index (κ2) is 9.39. The maximum Gasteiger partial charge on any atom is 0.243 e. The van der Waals surface area contributed by atoms with Crippen LogP contribution in [0.5, 0.6) is 5.75 Å². The number of piperazine rings is 1. The van der Waals surface area contributed by atoms with Crippen LogP contribution in [-0.2, 0) is 17.8 Å². The van der Waals surface area contributed by atoms with Crippen LogP contribution in [0, 0.1) is 0 Å². The van der Waals surface area contributed by atoms with Gasteiger partial charge in [-0.05, 0) is 29.7 Å². The molecule has 0 spiro atoms. The fraction of sp³-hybridized carbons (Fsp3) is 0.381. The first-order valence-corrected chi connectivity index (χ1v) is 9.30. The summed E-state index contributed by atoms with van der Waals surface area (Å²) in [4.78, 5) is 15.9. The van der Waals surface area contributed by atoms with Gasteiger partial charge < -0.3 is 9.64 Å². The number of hydrogen-bond acceptors (Lipinski definition) is 5. The summed E-state index contributed by atoms with van der Waals surface area (Å²) in [5.74, 6) is 0.573. The number of hydrogen-bond donors (Lipinski definition) is 2.